The maximum absolute atomic E-state index is 13.0. The Morgan fingerprint density at radius 3 is 2.72 bits per heavy atom. The molecule has 5 heteroatoms. The molecule has 2 unspecified atom stereocenters. The van der Waals surface area contributed by atoms with E-state index in [1.54, 1.807) is 24.5 Å². The zero-order valence-corrected chi connectivity index (χ0v) is 17.3. The molecule has 1 N–H and O–H groups in total. The summed E-state index contributed by atoms with van der Waals surface area (Å²) in [6, 6.07) is 7.19. The van der Waals surface area contributed by atoms with Gasteiger partial charge in [0.05, 0.1) is 11.9 Å². The summed E-state index contributed by atoms with van der Waals surface area (Å²) in [5.74, 6) is 8.13. The van der Waals surface area contributed by atoms with Crippen molar-refractivity contribution in [2.45, 2.75) is 51.0 Å². The quantitative estimate of drug-likeness (QED) is 0.745. The molecule has 2 aromatic rings. The largest absolute Gasteiger partial charge is 0.347 e. The number of rotatable bonds is 2. The van der Waals surface area contributed by atoms with E-state index in [0.29, 0.717) is 22.4 Å². The van der Waals surface area contributed by atoms with E-state index in [1.165, 1.54) is 6.42 Å². The van der Waals surface area contributed by atoms with Crippen molar-refractivity contribution in [1.29, 1.82) is 0 Å². The fourth-order valence-corrected chi connectivity index (χ4v) is 6.41. The zero-order valence-electron chi connectivity index (χ0n) is 16.5. The number of carbonyl (C=O) groups excluding carboxylic acids is 1. The lowest BCUT2D eigenvalue weighted by molar-refractivity contribution is -0.0484. The second-order valence-corrected chi connectivity index (χ2v) is 9.72. The van der Waals surface area contributed by atoms with Crippen LogP contribution in [0.3, 0.4) is 0 Å². The van der Waals surface area contributed by atoms with Gasteiger partial charge in [-0.25, -0.2) is 4.98 Å². The Balaban J connectivity index is 1.42. The molecule has 0 aliphatic heterocycles. The molecule has 0 radical (unpaired) electrons. The SMILES string of the molecule is Cc1cncc(C#CC23CC4CC(C2)CC(NC(=O)c2cccc(Cl)c2)(C4)C3)n1. The van der Waals surface area contributed by atoms with E-state index in [1.807, 2.05) is 19.1 Å². The molecule has 4 nitrogen and oxygen atoms in total. The fourth-order valence-electron chi connectivity index (χ4n) is 6.22. The van der Waals surface area contributed by atoms with E-state index < -0.39 is 0 Å². The third-order valence-corrected chi connectivity index (χ3v) is 6.97. The summed E-state index contributed by atoms with van der Waals surface area (Å²) in [7, 11) is 0. The molecule has 0 saturated heterocycles. The van der Waals surface area contributed by atoms with E-state index in [-0.39, 0.29) is 16.9 Å². The number of hydrogen-bond donors (Lipinski definition) is 1. The molecule has 148 valence electrons. The Bertz CT molecular complexity index is 1020. The normalized spacial score (nSPS) is 31.8. The molecule has 4 fully saturated rings. The third kappa shape index (κ3) is 3.65. The number of aromatic nitrogens is 2. The smallest absolute Gasteiger partial charge is 0.251 e. The van der Waals surface area contributed by atoms with Gasteiger partial charge in [-0.05, 0) is 81.4 Å². The number of nitrogens with zero attached hydrogens (tertiary/aromatic N) is 2. The molecule has 0 spiro atoms. The summed E-state index contributed by atoms with van der Waals surface area (Å²) < 4.78 is 0. The first-order valence-corrected chi connectivity index (χ1v) is 10.7. The number of halogens is 1. The molecule has 29 heavy (non-hydrogen) atoms. The highest BCUT2D eigenvalue weighted by atomic mass is 35.5. The van der Waals surface area contributed by atoms with Crippen LogP contribution in [0.15, 0.2) is 36.7 Å². The number of benzene rings is 1. The highest BCUT2D eigenvalue weighted by Crippen LogP contribution is 2.61. The van der Waals surface area contributed by atoms with Gasteiger partial charge in [0.1, 0.15) is 5.69 Å². The van der Waals surface area contributed by atoms with Crippen LogP contribution in [0.5, 0.6) is 0 Å². The topological polar surface area (TPSA) is 54.9 Å². The maximum Gasteiger partial charge on any atom is 0.251 e. The van der Waals surface area contributed by atoms with Gasteiger partial charge < -0.3 is 5.32 Å². The molecule has 4 aliphatic carbocycles. The monoisotopic (exact) mass is 405 g/mol. The molecule has 4 bridgehead atoms. The van der Waals surface area contributed by atoms with E-state index in [0.717, 1.165) is 43.5 Å². The van der Waals surface area contributed by atoms with Crippen LogP contribution in [-0.4, -0.2) is 21.4 Å². The van der Waals surface area contributed by atoms with Gasteiger partial charge in [-0.2, -0.15) is 0 Å². The van der Waals surface area contributed by atoms with Crippen LogP contribution < -0.4 is 5.32 Å². The summed E-state index contributed by atoms with van der Waals surface area (Å²) >= 11 is 6.09. The van der Waals surface area contributed by atoms with Gasteiger partial charge in [-0.15, -0.1) is 0 Å². The van der Waals surface area contributed by atoms with Gasteiger partial charge >= 0.3 is 0 Å². The number of amides is 1. The standard InChI is InChI=1S/C24H24ClN3O/c1-16-13-26-14-21(27-16)5-6-23-9-17-7-18(10-23)12-24(11-17,15-23)28-22(29)19-3-2-4-20(25)8-19/h2-4,8,13-14,17-18H,7,9-12,15H2,1H3,(H,28,29). The lowest BCUT2D eigenvalue weighted by atomic mass is 9.47. The molecule has 4 aliphatic rings. The van der Waals surface area contributed by atoms with Gasteiger partial charge in [-0.3, -0.25) is 9.78 Å². The van der Waals surface area contributed by atoms with Crippen molar-refractivity contribution in [3.05, 3.63) is 58.6 Å². The minimum absolute atomic E-state index is 0.0258. The number of nitrogens with one attached hydrogen (secondary N) is 1. The van der Waals surface area contributed by atoms with Crippen molar-refractivity contribution in [2.24, 2.45) is 17.3 Å². The Morgan fingerprint density at radius 1 is 1.21 bits per heavy atom. The number of carbonyl (C=O) groups is 1. The summed E-state index contributed by atoms with van der Waals surface area (Å²) in [5, 5.41) is 3.99. The fraction of sp³-hybridized carbons (Fsp3) is 0.458. The van der Waals surface area contributed by atoms with Gasteiger partial charge in [0, 0.05) is 27.7 Å². The Labute approximate surface area is 176 Å². The predicted octanol–water partition coefficient (Wildman–Crippen LogP) is 4.56. The summed E-state index contributed by atoms with van der Waals surface area (Å²) in [5.41, 5.74) is 2.06. The predicted molar refractivity (Wildman–Crippen MR) is 112 cm³/mol. The lowest BCUT2D eigenvalue weighted by Gasteiger charge is -2.60. The van der Waals surface area contributed by atoms with Gasteiger partial charge in [0.15, 0.2) is 0 Å². The molecule has 6 rings (SSSR count). The first-order chi connectivity index (χ1) is 13.9. The van der Waals surface area contributed by atoms with Crippen molar-refractivity contribution < 1.29 is 4.79 Å². The highest BCUT2D eigenvalue weighted by molar-refractivity contribution is 6.30. The van der Waals surface area contributed by atoms with E-state index in [9.17, 15) is 4.79 Å². The molecular formula is C24H24ClN3O. The molecule has 1 aromatic carbocycles. The van der Waals surface area contributed by atoms with Gasteiger partial charge in [0.2, 0.25) is 0 Å². The first kappa shape index (κ1) is 18.6. The summed E-state index contributed by atoms with van der Waals surface area (Å²) in [6.45, 7) is 1.93. The molecule has 4 saturated carbocycles. The average molecular weight is 406 g/mol. The van der Waals surface area contributed by atoms with Gasteiger partial charge in [-0.1, -0.05) is 23.6 Å². The van der Waals surface area contributed by atoms with Crippen molar-refractivity contribution in [3.8, 4) is 11.8 Å². The van der Waals surface area contributed by atoms with E-state index in [2.05, 4.69) is 27.1 Å². The minimum atomic E-state index is -0.156. The van der Waals surface area contributed by atoms with Crippen molar-refractivity contribution in [3.63, 3.8) is 0 Å². The van der Waals surface area contributed by atoms with Gasteiger partial charge in [0.25, 0.3) is 5.91 Å². The van der Waals surface area contributed by atoms with Crippen LogP contribution in [0.1, 0.15) is 60.3 Å². The van der Waals surface area contributed by atoms with Crippen LogP contribution in [-0.2, 0) is 0 Å². The first-order valence-electron chi connectivity index (χ1n) is 10.3. The second kappa shape index (κ2) is 6.85. The van der Waals surface area contributed by atoms with Crippen LogP contribution in [0, 0.1) is 36.0 Å². The average Bonchev–Trinajstić information content (AvgIpc) is 2.65. The van der Waals surface area contributed by atoms with Crippen LogP contribution in [0.25, 0.3) is 0 Å². The Morgan fingerprint density at radius 2 is 2.00 bits per heavy atom. The van der Waals surface area contributed by atoms with Crippen LogP contribution in [0.4, 0.5) is 0 Å². The molecule has 1 heterocycles. The molecule has 1 aromatic heterocycles. The molecule has 1 amide bonds. The summed E-state index contributed by atoms with van der Waals surface area (Å²) in [4.78, 5) is 21.7. The van der Waals surface area contributed by atoms with Crippen molar-refractivity contribution in [2.75, 3.05) is 0 Å². The van der Waals surface area contributed by atoms with Crippen molar-refractivity contribution in [1.82, 2.24) is 15.3 Å². The number of hydrogen-bond acceptors (Lipinski definition) is 3. The highest BCUT2D eigenvalue weighted by Gasteiger charge is 2.57. The molecule has 2 atom stereocenters. The van der Waals surface area contributed by atoms with Crippen LogP contribution in [0.2, 0.25) is 5.02 Å². The molecular weight excluding hydrogens is 382 g/mol. The van der Waals surface area contributed by atoms with E-state index in [4.69, 9.17) is 11.6 Å². The zero-order chi connectivity index (χ0) is 20.1. The number of aryl methyl sites for hydroxylation is 1. The minimum Gasteiger partial charge on any atom is -0.347 e. The summed E-state index contributed by atoms with van der Waals surface area (Å²) in [6.07, 6.45) is 10.0. The Kier molecular flexibility index (Phi) is 4.40. The van der Waals surface area contributed by atoms with Crippen molar-refractivity contribution >= 4 is 17.5 Å². The third-order valence-electron chi connectivity index (χ3n) is 6.74. The Hall–Kier alpha value is -2.38. The maximum atomic E-state index is 13.0. The second-order valence-electron chi connectivity index (χ2n) is 9.28. The van der Waals surface area contributed by atoms with Crippen LogP contribution >= 0.6 is 11.6 Å². The lowest BCUT2D eigenvalue weighted by Crippen LogP contribution is -2.62. The van der Waals surface area contributed by atoms with E-state index >= 15 is 0 Å².